The Labute approximate surface area is 126 Å². The van der Waals surface area contributed by atoms with E-state index in [9.17, 15) is 0 Å². The average Bonchev–Trinajstić information content (AvgIpc) is 2.36. The van der Waals surface area contributed by atoms with Crippen LogP contribution in [-0.2, 0) is 5.41 Å². The van der Waals surface area contributed by atoms with Crippen molar-refractivity contribution in [2.45, 2.75) is 44.8 Å². The van der Waals surface area contributed by atoms with E-state index >= 15 is 0 Å². The third-order valence-electron chi connectivity index (χ3n) is 3.39. The van der Waals surface area contributed by atoms with E-state index in [2.05, 4.69) is 55.9 Å². The van der Waals surface area contributed by atoms with E-state index in [0.29, 0.717) is 0 Å². The molecule has 5 heteroatoms. The number of nitrogens with zero attached hydrogens (tertiary/aromatic N) is 3. The van der Waals surface area contributed by atoms with Crippen molar-refractivity contribution in [2.75, 3.05) is 36.1 Å². The molecule has 0 unspecified atom stereocenters. The van der Waals surface area contributed by atoms with Crippen LogP contribution in [0.5, 0.6) is 0 Å². The topological polar surface area (TPSA) is 41.0 Å². The third kappa shape index (κ3) is 3.57. The maximum atomic E-state index is 4.81. The van der Waals surface area contributed by atoms with Crippen LogP contribution < -0.4 is 10.2 Å². The van der Waals surface area contributed by atoms with Crippen LogP contribution in [0.3, 0.4) is 0 Å². The Bertz CT molecular complexity index is 479. The highest BCUT2D eigenvalue weighted by Gasteiger charge is 2.29. The van der Waals surface area contributed by atoms with Crippen molar-refractivity contribution in [3.05, 3.63) is 11.9 Å². The second kappa shape index (κ2) is 5.43. The highest BCUT2D eigenvalue weighted by molar-refractivity contribution is 8.00. The van der Waals surface area contributed by atoms with Crippen LogP contribution in [0.4, 0.5) is 11.6 Å². The summed E-state index contributed by atoms with van der Waals surface area (Å²) in [7, 11) is 1.91. The molecule has 1 saturated heterocycles. The number of aromatic nitrogens is 2. The minimum atomic E-state index is -0.0400. The summed E-state index contributed by atoms with van der Waals surface area (Å²) in [4.78, 5) is 11.8. The van der Waals surface area contributed by atoms with Crippen LogP contribution in [-0.4, -0.2) is 40.6 Å². The second-order valence-corrected chi connectivity index (χ2v) is 8.77. The lowest BCUT2D eigenvalue weighted by atomic mass is 9.96. The molecule has 112 valence electrons. The summed E-state index contributed by atoms with van der Waals surface area (Å²) in [5.74, 6) is 3.99. The van der Waals surface area contributed by atoms with Gasteiger partial charge < -0.3 is 10.2 Å². The molecule has 0 aliphatic carbocycles. The van der Waals surface area contributed by atoms with Gasteiger partial charge in [-0.2, -0.15) is 11.8 Å². The van der Waals surface area contributed by atoms with E-state index in [1.165, 1.54) is 0 Å². The first-order valence-electron chi connectivity index (χ1n) is 7.17. The number of thioether (sulfide) groups is 1. The van der Waals surface area contributed by atoms with Crippen molar-refractivity contribution in [1.82, 2.24) is 9.97 Å². The molecule has 4 nitrogen and oxygen atoms in total. The lowest BCUT2D eigenvalue weighted by Crippen LogP contribution is -2.43. The molecule has 2 heterocycles. The van der Waals surface area contributed by atoms with Crippen molar-refractivity contribution in [3.63, 3.8) is 0 Å². The van der Waals surface area contributed by atoms with E-state index in [0.717, 1.165) is 36.3 Å². The predicted octanol–water partition coefficient (Wildman–Crippen LogP) is 3.15. The van der Waals surface area contributed by atoms with E-state index in [1.807, 2.05) is 18.8 Å². The maximum absolute atomic E-state index is 4.81. The molecule has 0 spiro atoms. The minimum Gasteiger partial charge on any atom is -0.373 e. The molecule has 0 aromatic carbocycles. The molecule has 1 N–H and O–H groups in total. The van der Waals surface area contributed by atoms with Crippen molar-refractivity contribution in [2.24, 2.45) is 0 Å². The molecule has 1 aromatic heterocycles. The average molecular weight is 294 g/mol. The van der Waals surface area contributed by atoms with Crippen LogP contribution in [0.2, 0.25) is 0 Å². The molecule has 1 aliphatic heterocycles. The fraction of sp³-hybridized carbons (Fsp3) is 0.733. The SMILES string of the molecule is CNc1cc(N2CCSC(C)(C)C2)nc(C(C)(C)C)n1. The lowest BCUT2D eigenvalue weighted by Gasteiger charge is -2.38. The highest BCUT2D eigenvalue weighted by Crippen LogP contribution is 2.32. The van der Waals surface area contributed by atoms with Gasteiger partial charge in [0.05, 0.1) is 0 Å². The zero-order valence-corrected chi connectivity index (χ0v) is 14.3. The Morgan fingerprint density at radius 3 is 2.55 bits per heavy atom. The Morgan fingerprint density at radius 1 is 1.30 bits per heavy atom. The Kier molecular flexibility index (Phi) is 4.19. The first-order chi connectivity index (χ1) is 9.21. The van der Waals surface area contributed by atoms with Crippen molar-refractivity contribution in [1.29, 1.82) is 0 Å². The maximum Gasteiger partial charge on any atom is 0.138 e. The Hall–Kier alpha value is -0.970. The van der Waals surface area contributed by atoms with Gasteiger partial charge in [-0.15, -0.1) is 0 Å². The minimum absolute atomic E-state index is 0.0400. The Balaban J connectivity index is 2.36. The molecule has 0 saturated carbocycles. The fourth-order valence-corrected chi connectivity index (χ4v) is 3.38. The van der Waals surface area contributed by atoms with Crippen LogP contribution in [0, 0.1) is 0 Å². The molecule has 1 aliphatic rings. The summed E-state index contributed by atoms with van der Waals surface area (Å²) in [5.41, 5.74) is -0.0400. The molecule has 2 rings (SSSR count). The fourth-order valence-electron chi connectivity index (χ4n) is 2.27. The summed E-state index contributed by atoms with van der Waals surface area (Å²) in [6.45, 7) is 13.1. The lowest BCUT2D eigenvalue weighted by molar-refractivity contribution is 0.543. The van der Waals surface area contributed by atoms with Gasteiger partial charge in [-0.3, -0.25) is 0 Å². The summed E-state index contributed by atoms with van der Waals surface area (Å²) < 4.78 is 0.283. The number of anilines is 2. The number of hydrogen-bond acceptors (Lipinski definition) is 5. The molecule has 1 fully saturated rings. The smallest absolute Gasteiger partial charge is 0.138 e. The summed E-state index contributed by atoms with van der Waals surface area (Å²) in [6.07, 6.45) is 0. The number of nitrogens with one attached hydrogen (secondary N) is 1. The van der Waals surface area contributed by atoms with Crippen LogP contribution in [0.15, 0.2) is 6.07 Å². The van der Waals surface area contributed by atoms with Crippen molar-refractivity contribution < 1.29 is 0 Å². The number of rotatable bonds is 2. The van der Waals surface area contributed by atoms with Gasteiger partial charge in [0.1, 0.15) is 17.5 Å². The van der Waals surface area contributed by atoms with Gasteiger partial charge in [-0.25, -0.2) is 9.97 Å². The summed E-state index contributed by atoms with van der Waals surface area (Å²) >= 11 is 2.04. The molecular formula is C15H26N4S. The van der Waals surface area contributed by atoms with Gasteiger partial charge in [0.2, 0.25) is 0 Å². The first kappa shape index (κ1) is 15.4. The molecule has 20 heavy (non-hydrogen) atoms. The van der Waals surface area contributed by atoms with E-state index in [1.54, 1.807) is 0 Å². The third-order valence-corrected chi connectivity index (χ3v) is 4.69. The van der Waals surface area contributed by atoms with Gasteiger partial charge in [-0.05, 0) is 13.8 Å². The van der Waals surface area contributed by atoms with Crippen molar-refractivity contribution >= 4 is 23.4 Å². The van der Waals surface area contributed by atoms with Gasteiger partial charge >= 0.3 is 0 Å². The van der Waals surface area contributed by atoms with Gasteiger partial charge in [-0.1, -0.05) is 20.8 Å². The standard InChI is InChI=1S/C15H26N4S/c1-14(2,3)13-17-11(16-6)9-12(18-13)19-7-8-20-15(4,5)10-19/h9H,7-8,10H2,1-6H3,(H,16,17,18). The van der Waals surface area contributed by atoms with Crippen LogP contribution >= 0.6 is 11.8 Å². The van der Waals surface area contributed by atoms with Gasteiger partial charge in [0.25, 0.3) is 0 Å². The highest BCUT2D eigenvalue weighted by atomic mass is 32.2. The molecular weight excluding hydrogens is 268 g/mol. The second-order valence-electron chi connectivity index (χ2n) is 6.96. The van der Waals surface area contributed by atoms with Crippen LogP contribution in [0.1, 0.15) is 40.4 Å². The molecule has 0 bridgehead atoms. The first-order valence-corrected chi connectivity index (χ1v) is 8.16. The monoisotopic (exact) mass is 294 g/mol. The zero-order valence-electron chi connectivity index (χ0n) is 13.4. The van der Waals surface area contributed by atoms with E-state index < -0.39 is 0 Å². The van der Waals surface area contributed by atoms with Gasteiger partial charge in [0.15, 0.2) is 0 Å². The van der Waals surface area contributed by atoms with Crippen molar-refractivity contribution in [3.8, 4) is 0 Å². The Morgan fingerprint density at radius 2 is 2.00 bits per heavy atom. The summed E-state index contributed by atoms with van der Waals surface area (Å²) in [6, 6.07) is 2.06. The molecule has 0 atom stereocenters. The van der Waals surface area contributed by atoms with E-state index in [-0.39, 0.29) is 10.2 Å². The molecule has 0 radical (unpaired) electrons. The summed E-state index contributed by atoms with van der Waals surface area (Å²) in [5, 5.41) is 3.16. The van der Waals surface area contributed by atoms with E-state index in [4.69, 9.17) is 4.98 Å². The van der Waals surface area contributed by atoms with Crippen LogP contribution in [0.25, 0.3) is 0 Å². The molecule has 1 aromatic rings. The molecule has 0 amide bonds. The normalized spacial score (nSPS) is 19.0. The predicted molar refractivity (Wildman–Crippen MR) is 89.0 cm³/mol. The largest absolute Gasteiger partial charge is 0.373 e. The number of hydrogen-bond donors (Lipinski definition) is 1. The van der Waals surface area contributed by atoms with Gasteiger partial charge in [0, 0.05) is 42.1 Å². The zero-order chi connectivity index (χ0) is 15.0. The quantitative estimate of drug-likeness (QED) is 0.907.